The molecule has 0 bridgehead atoms. The minimum Gasteiger partial charge on any atom is -0.377 e. The van der Waals surface area contributed by atoms with E-state index in [-0.39, 0.29) is 11.3 Å². The summed E-state index contributed by atoms with van der Waals surface area (Å²) in [5.41, 5.74) is -0.287. The van der Waals surface area contributed by atoms with Crippen LogP contribution in [0.3, 0.4) is 0 Å². The first-order chi connectivity index (χ1) is 7.00. The Labute approximate surface area is 91.0 Å². The first-order valence-electron chi connectivity index (χ1n) is 5.61. The molecule has 2 aliphatic heterocycles. The molecule has 0 unspecified atom stereocenters. The van der Waals surface area contributed by atoms with Crippen LogP contribution in [0.4, 0.5) is 0 Å². The number of rotatable bonds is 2. The van der Waals surface area contributed by atoms with Gasteiger partial charge in [0.15, 0.2) is 0 Å². The van der Waals surface area contributed by atoms with Gasteiger partial charge in [0.25, 0.3) is 0 Å². The predicted molar refractivity (Wildman–Crippen MR) is 57.6 cm³/mol. The average Bonchev–Trinajstić information content (AvgIpc) is 1.93. The molecule has 1 amide bonds. The average molecular weight is 212 g/mol. The second kappa shape index (κ2) is 3.76. The van der Waals surface area contributed by atoms with Crippen LogP contribution in [0.15, 0.2) is 0 Å². The molecular formula is C11H20N2O2. The van der Waals surface area contributed by atoms with Crippen LogP contribution in [-0.4, -0.2) is 49.2 Å². The summed E-state index contributed by atoms with van der Waals surface area (Å²) in [5, 5.41) is 3.22. The molecule has 0 spiro atoms. The van der Waals surface area contributed by atoms with Gasteiger partial charge in [-0.3, -0.25) is 4.79 Å². The number of carbonyl (C=O) groups excluding carboxylic acids is 1. The SMILES string of the molecule is CC(C)(C)C(=O)N(C1CNC1)C1COC1. The molecule has 0 saturated carbocycles. The van der Waals surface area contributed by atoms with Crippen molar-refractivity contribution in [2.24, 2.45) is 5.41 Å². The summed E-state index contributed by atoms with van der Waals surface area (Å²) >= 11 is 0. The molecule has 0 atom stereocenters. The molecule has 15 heavy (non-hydrogen) atoms. The van der Waals surface area contributed by atoms with E-state index >= 15 is 0 Å². The summed E-state index contributed by atoms with van der Waals surface area (Å²) in [7, 11) is 0. The van der Waals surface area contributed by atoms with Gasteiger partial charge in [0.1, 0.15) is 0 Å². The summed E-state index contributed by atoms with van der Waals surface area (Å²) in [5.74, 6) is 0.252. The summed E-state index contributed by atoms with van der Waals surface area (Å²) in [6.45, 7) is 9.21. The molecule has 2 fully saturated rings. The van der Waals surface area contributed by atoms with Crippen LogP contribution < -0.4 is 5.32 Å². The quantitative estimate of drug-likeness (QED) is 0.712. The normalized spacial score (nSPS) is 23.1. The fourth-order valence-electron chi connectivity index (χ4n) is 1.87. The van der Waals surface area contributed by atoms with E-state index in [1.54, 1.807) is 0 Å². The van der Waals surface area contributed by atoms with E-state index in [0.717, 1.165) is 13.1 Å². The van der Waals surface area contributed by atoms with Crippen molar-refractivity contribution in [1.29, 1.82) is 0 Å². The number of amides is 1. The highest BCUT2D eigenvalue weighted by Crippen LogP contribution is 2.25. The summed E-state index contributed by atoms with van der Waals surface area (Å²) in [4.78, 5) is 14.3. The molecule has 2 heterocycles. The Hall–Kier alpha value is -0.610. The number of carbonyl (C=O) groups is 1. The first kappa shape index (κ1) is 10.9. The van der Waals surface area contributed by atoms with Gasteiger partial charge in [0.05, 0.1) is 25.3 Å². The Morgan fingerprint density at radius 3 is 2.13 bits per heavy atom. The zero-order valence-electron chi connectivity index (χ0n) is 9.75. The van der Waals surface area contributed by atoms with Gasteiger partial charge in [-0.2, -0.15) is 0 Å². The number of ether oxygens (including phenoxy) is 1. The third-order valence-corrected chi connectivity index (χ3v) is 3.04. The Morgan fingerprint density at radius 2 is 1.87 bits per heavy atom. The Kier molecular flexibility index (Phi) is 2.73. The lowest BCUT2D eigenvalue weighted by Gasteiger charge is -2.48. The van der Waals surface area contributed by atoms with Gasteiger partial charge in [-0.25, -0.2) is 0 Å². The second-order valence-electron chi connectivity index (χ2n) is 5.47. The molecule has 0 aromatic rings. The highest BCUT2D eigenvalue weighted by atomic mass is 16.5. The van der Waals surface area contributed by atoms with E-state index in [1.165, 1.54) is 0 Å². The van der Waals surface area contributed by atoms with Gasteiger partial charge in [-0.1, -0.05) is 20.8 Å². The maximum Gasteiger partial charge on any atom is 0.228 e. The van der Waals surface area contributed by atoms with Crippen molar-refractivity contribution in [1.82, 2.24) is 10.2 Å². The molecule has 1 N–H and O–H groups in total. The topological polar surface area (TPSA) is 41.6 Å². The highest BCUT2D eigenvalue weighted by molar-refractivity contribution is 5.82. The molecule has 0 aliphatic carbocycles. The lowest BCUT2D eigenvalue weighted by Crippen LogP contribution is -2.67. The van der Waals surface area contributed by atoms with Crippen molar-refractivity contribution in [3.05, 3.63) is 0 Å². The molecule has 86 valence electrons. The zero-order chi connectivity index (χ0) is 11.1. The predicted octanol–water partition coefficient (Wildman–Crippen LogP) is 0.232. The van der Waals surface area contributed by atoms with Crippen molar-refractivity contribution in [3.63, 3.8) is 0 Å². The molecule has 0 aromatic heterocycles. The summed E-state index contributed by atoms with van der Waals surface area (Å²) in [6, 6.07) is 0.689. The van der Waals surface area contributed by atoms with Crippen LogP contribution in [-0.2, 0) is 9.53 Å². The third kappa shape index (κ3) is 2.01. The number of nitrogens with one attached hydrogen (secondary N) is 1. The van der Waals surface area contributed by atoms with Gasteiger partial charge < -0.3 is 15.0 Å². The van der Waals surface area contributed by atoms with Gasteiger partial charge in [-0.15, -0.1) is 0 Å². The summed E-state index contributed by atoms with van der Waals surface area (Å²) in [6.07, 6.45) is 0. The van der Waals surface area contributed by atoms with Crippen molar-refractivity contribution >= 4 is 5.91 Å². The molecule has 0 radical (unpaired) electrons. The molecule has 2 aliphatic rings. The number of nitrogens with zero attached hydrogens (tertiary/aromatic N) is 1. The van der Waals surface area contributed by atoms with E-state index in [9.17, 15) is 4.79 Å². The van der Waals surface area contributed by atoms with Gasteiger partial charge in [0.2, 0.25) is 5.91 Å². The standard InChI is InChI=1S/C11H20N2O2/c1-11(2,3)10(14)13(8-4-12-5-8)9-6-15-7-9/h8-9,12H,4-7H2,1-3H3. The minimum absolute atomic E-state index is 0.252. The Morgan fingerprint density at radius 1 is 1.27 bits per heavy atom. The largest absolute Gasteiger partial charge is 0.377 e. The summed E-state index contributed by atoms with van der Waals surface area (Å²) < 4.78 is 5.18. The lowest BCUT2D eigenvalue weighted by molar-refractivity contribution is -0.159. The van der Waals surface area contributed by atoms with Crippen molar-refractivity contribution < 1.29 is 9.53 Å². The Balaban J connectivity index is 2.06. The van der Waals surface area contributed by atoms with Crippen LogP contribution in [0.1, 0.15) is 20.8 Å². The van der Waals surface area contributed by atoms with Gasteiger partial charge >= 0.3 is 0 Å². The van der Waals surface area contributed by atoms with Gasteiger partial charge in [0, 0.05) is 18.5 Å². The van der Waals surface area contributed by atoms with Crippen LogP contribution >= 0.6 is 0 Å². The molecule has 4 heteroatoms. The number of hydrogen-bond donors (Lipinski definition) is 1. The van der Waals surface area contributed by atoms with Crippen LogP contribution in [0.25, 0.3) is 0 Å². The van der Waals surface area contributed by atoms with E-state index in [4.69, 9.17) is 4.74 Å². The van der Waals surface area contributed by atoms with Crippen LogP contribution in [0, 0.1) is 5.41 Å². The fourth-order valence-corrected chi connectivity index (χ4v) is 1.87. The van der Waals surface area contributed by atoms with E-state index < -0.39 is 0 Å². The fraction of sp³-hybridized carbons (Fsp3) is 0.909. The van der Waals surface area contributed by atoms with Crippen molar-refractivity contribution in [2.45, 2.75) is 32.9 Å². The monoisotopic (exact) mass is 212 g/mol. The zero-order valence-corrected chi connectivity index (χ0v) is 9.75. The molecule has 4 nitrogen and oxygen atoms in total. The smallest absolute Gasteiger partial charge is 0.228 e. The Bertz CT molecular complexity index is 238. The molecule has 2 rings (SSSR count). The molecular weight excluding hydrogens is 192 g/mol. The maximum atomic E-state index is 12.3. The first-order valence-corrected chi connectivity index (χ1v) is 5.61. The van der Waals surface area contributed by atoms with Crippen LogP contribution in [0.2, 0.25) is 0 Å². The third-order valence-electron chi connectivity index (χ3n) is 3.04. The van der Waals surface area contributed by atoms with Gasteiger partial charge in [-0.05, 0) is 0 Å². The van der Waals surface area contributed by atoms with E-state index in [1.807, 2.05) is 25.7 Å². The van der Waals surface area contributed by atoms with E-state index in [2.05, 4.69) is 5.32 Å². The number of hydrogen-bond acceptors (Lipinski definition) is 3. The van der Waals surface area contributed by atoms with E-state index in [0.29, 0.717) is 25.3 Å². The second-order valence-corrected chi connectivity index (χ2v) is 5.47. The highest BCUT2D eigenvalue weighted by Gasteiger charge is 2.41. The molecule has 0 aromatic carbocycles. The van der Waals surface area contributed by atoms with Crippen molar-refractivity contribution in [2.75, 3.05) is 26.3 Å². The van der Waals surface area contributed by atoms with Crippen molar-refractivity contribution in [3.8, 4) is 0 Å². The lowest BCUT2D eigenvalue weighted by atomic mass is 9.91. The molecule has 2 saturated heterocycles. The minimum atomic E-state index is -0.287. The van der Waals surface area contributed by atoms with Crippen LogP contribution in [0.5, 0.6) is 0 Å². The maximum absolute atomic E-state index is 12.3.